The maximum Gasteiger partial charge on any atom is 0.259 e. The highest BCUT2D eigenvalue weighted by molar-refractivity contribution is 7.89. The van der Waals surface area contributed by atoms with Crippen LogP contribution in [0.25, 0.3) is 0 Å². The molecule has 26 heavy (non-hydrogen) atoms. The molecule has 1 N–H and O–H groups in total. The Balaban J connectivity index is 1.86. The molecule has 6 nitrogen and oxygen atoms in total. The second-order valence-electron chi connectivity index (χ2n) is 5.84. The second-order valence-corrected chi connectivity index (χ2v) is 9.31. The van der Waals surface area contributed by atoms with Gasteiger partial charge in [-0.05, 0) is 31.0 Å². The van der Waals surface area contributed by atoms with Crippen molar-refractivity contribution < 1.29 is 13.2 Å². The van der Waals surface area contributed by atoms with Crippen molar-refractivity contribution in [2.75, 3.05) is 18.4 Å². The van der Waals surface area contributed by atoms with Crippen LogP contribution in [0, 0.1) is 0 Å². The number of rotatable bonds is 5. The van der Waals surface area contributed by atoms with Crippen molar-refractivity contribution in [3.8, 4) is 0 Å². The Morgan fingerprint density at radius 1 is 1.27 bits per heavy atom. The highest BCUT2D eigenvalue weighted by atomic mass is 35.5. The number of carbonyl (C=O) groups excluding carboxylic acids is 1. The summed E-state index contributed by atoms with van der Waals surface area (Å²) >= 11 is 13.1. The first-order chi connectivity index (χ1) is 12.4. The fourth-order valence-electron chi connectivity index (χ4n) is 2.68. The van der Waals surface area contributed by atoms with E-state index in [4.69, 9.17) is 23.2 Å². The largest absolute Gasteiger partial charge is 0.298 e. The number of piperidine rings is 1. The molecular weight excluding hydrogens is 417 g/mol. The molecular formula is C16H17Cl2N3O3S2. The van der Waals surface area contributed by atoms with E-state index in [2.05, 4.69) is 10.3 Å². The van der Waals surface area contributed by atoms with Crippen molar-refractivity contribution >= 4 is 55.6 Å². The van der Waals surface area contributed by atoms with Gasteiger partial charge in [0.15, 0.2) is 5.13 Å². The lowest BCUT2D eigenvalue weighted by atomic mass is 10.2. The first-order valence-electron chi connectivity index (χ1n) is 8.03. The first kappa shape index (κ1) is 19.6. The Morgan fingerprint density at radius 2 is 2.00 bits per heavy atom. The maximum absolute atomic E-state index is 12.8. The maximum atomic E-state index is 12.8. The van der Waals surface area contributed by atoms with Gasteiger partial charge in [-0.2, -0.15) is 4.31 Å². The third-order valence-electron chi connectivity index (χ3n) is 4.04. The summed E-state index contributed by atoms with van der Waals surface area (Å²) in [7, 11) is -3.64. The van der Waals surface area contributed by atoms with E-state index in [9.17, 15) is 13.2 Å². The van der Waals surface area contributed by atoms with E-state index in [1.54, 1.807) is 5.38 Å². The molecule has 0 unspecified atom stereocenters. The van der Waals surface area contributed by atoms with E-state index in [1.807, 2.05) is 0 Å². The van der Waals surface area contributed by atoms with Crippen LogP contribution in [0.1, 0.15) is 35.3 Å². The molecule has 1 aliphatic heterocycles. The van der Waals surface area contributed by atoms with Gasteiger partial charge < -0.3 is 0 Å². The number of alkyl halides is 1. The van der Waals surface area contributed by atoms with Crippen LogP contribution in [-0.2, 0) is 15.9 Å². The zero-order chi connectivity index (χ0) is 18.7. The van der Waals surface area contributed by atoms with Crippen molar-refractivity contribution in [2.45, 2.75) is 30.0 Å². The van der Waals surface area contributed by atoms with Gasteiger partial charge in [0.1, 0.15) is 0 Å². The molecule has 2 heterocycles. The Labute approximate surface area is 166 Å². The monoisotopic (exact) mass is 433 g/mol. The van der Waals surface area contributed by atoms with Gasteiger partial charge in [-0.3, -0.25) is 10.1 Å². The minimum atomic E-state index is -3.64. The summed E-state index contributed by atoms with van der Waals surface area (Å²) in [5.74, 6) is -0.266. The topological polar surface area (TPSA) is 79.4 Å². The highest BCUT2D eigenvalue weighted by Crippen LogP contribution is 2.26. The molecule has 1 saturated heterocycles. The molecule has 3 rings (SSSR count). The number of hydrogen-bond acceptors (Lipinski definition) is 5. The van der Waals surface area contributed by atoms with Crippen molar-refractivity contribution in [2.24, 2.45) is 0 Å². The lowest BCUT2D eigenvalue weighted by Crippen LogP contribution is -2.35. The van der Waals surface area contributed by atoms with E-state index < -0.39 is 15.9 Å². The summed E-state index contributed by atoms with van der Waals surface area (Å²) in [5.41, 5.74) is 0.742. The SMILES string of the molecule is O=C(Nc1nc(CCl)cs1)c1cc(S(=O)(=O)N2CCCCC2)ccc1Cl. The number of anilines is 1. The average molecular weight is 434 g/mol. The van der Waals surface area contributed by atoms with Gasteiger partial charge in [-0.1, -0.05) is 18.0 Å². The average Bonchev–Trinajstić information content (AvgIpc) is 3.10. The summed E-state index contributed by atoms with van der Waals surface area (Å²) in [5, 5.41) is 4.92. The number of thiazole rings is 1. The molecule has 140 valence electrons. The van der Waals surface area contributed by atoms with Gasteiger partial charge in [0.25, 0.3) is 5.91 Å². The molecule has 0 saturated carbocycles. The van der Waals surface area contributed by atoms with Gasteiger partial charge in [-0.25, -0.2) is 13.4 Å². The van der Waals surface area contributed by atoms with Crippen LogP contribution < -0.4 is 5.32 Å². The summed E-state index contributed by atoms with van der Waals surface area (Å²) < 4.78 is 27.1. The van der Waals surface area contributed by atoms with Gasteiger partial charge >= 0.3 is 0 Å². The fraction of sp³-hybridized carbons (Fsp3) is 0.375. The van der Waals surface area contributed by atoms with Gasteiger partial charge in [-0.15, -0.1) is 22.9 Å². The van der Waals surface area contributed by atoms with E-state index in [0.717, 1.165) is 19.3 Å². The van der Waals surface area contributed by atoms with Crippen LogP contribution in [0.2, 0.25) is 5.02 Å². The number of aromatic nitrogens is 1. The Kier molecular flexibility index (Phi) is 6.19. The molecule has 0 radical (unpaired) electrons. The van der Waals surface area contributed by atoms with Crippen LogP contribution in [-0.4, -0.2) is 36.7 Å². The third-order valence-corrected chi connectivity index (χ3v) is 7.35. The minimum absolute atomic E-state index is 0.0644. The molecule has 2 aromatic rings. The van der Waals surface area contributed by atoms with Crippen LogP contribution in [0.3, 0.4) is 0 Å². The number of carbonyl (C=O) groups is 1. The Bertz CT molecular complexity index is 909. The van der Waals surface area contributed by atoms with Crippen LogP contribution in [0.4, 0.5) is 5.13 Å². The van der Waals surface area contributed by atoms with E-state index in [0.29, 0.717) is 23.9 Å². The summed E-state index contributed by atoms with van der Waals surface area (Å²) in [4.78, 5) is 16.7. The number of hydrogen-bond donors (Lipinski definition) is 1. The predicted octanol–water partition coefficient (Wildman–Crippen LogP) is 3.96. The van der Waals surface area contributed by atoms with Crippen molar-refractivity contribution in [3.05, 3.63) is 39.9 Å². The predicted molar refractivity (Wildman–Crippen MR) is 104 cm³/mol. The molecule has 1 amide bonds. The number of benzene rings is 1. The molecule has 0 aliphatic carbocycles. The zero-order valence-electron chi connectivity index (χ0n) is 13.7. The van der Waals surface area contributed by atoms with Crippen LogP contribution >= 0.6 is 34.5 Å². The summed E-state index contributed by atoms with van der Waals surface area (Å²) in [6.45, 7) is 0.986. The third kappa shape index (κ3) is 4.20. The second kappa shape index (κ2) is 8.22. The molecule has 10 heteroatoms. The van der Waals surface area contributed by atoms with Crippen LogP contribution in [0.5, 0.6) is 0 Å². The Hall–Kier alpha value is -1.19. The van der Waals surface area contributed by atoms with Gasteiger partial charge in [0.2, 0.25) is 10.0 Å². The fourth-order valence-corrected chi connectivity index (χ4v) is 5.36. The number of nitrogens with zero attached hydrogens (tertiary/aromatic N) is 2. The first-order valence-corrected chi connectivity index (χ1v) is 11.3. The number of amides is 1. The normalized spacial score (nSPS) is 15.8. The molecule has 1 fully saturated rings. The van der Waals surface area contributed by atoms with E-state index >= 15 is 0 Å². The summed E-state index contributed by atoms with van der Waals surface area (Å²) in [6, 6.07) is 4.18. The standard InChI is InChI=1S/C16H17Cl2N3O3S2/c17-9-11-10-25-16(19-11)20-15(22)13-8-12(4-5-14(13)18)26(23,24)21-6-2-1-3-7-21/h4-5,8,10H,1-3,6-7,9H2,(H,19,20,22). The molecule has 0 bridgehead atoms. The van der Waals surface area contributed by atoms with E-state index in [1.165, 1.54) is 33.8 Å². The molecule has 0 spiro atoms. The van der Waals surface area contributed by atoms with Crippen LogP contribution in [0.15, 0.2) is 28.5 Å². The molecule has 1 aliphatic rings. The number of nitrogens with one attached hydrogen (secondary N) is 1. The van der Waals surface area contributed by atoms with Gasteiger partial charge in [0, 0.05) is 18.5 Å². The lowest BCUT2D eigenvalue weighted by Gasteiger charge is -2.26. The Morgan fingerprint density at radius 3 is 2.65 bits per heavy atom. The zero-order valence-corrected chi connectivity index (χ0v) is 16.9. The molecule has 1 aromatic heterocycles. The van der Waals surface area contributed by atoms with Crippen molar-refractivity contribution in [1.82, 2.24) is 9.29 Å². The van der Waals surface area contributed by atoms with Gasteiger partial charge in [0.05, 0.1) is 27.1 Å². The number of sulfonamides is 1. The molecule has 0 atom stereocenters. The molecule has 1 aromatic carbocycles. The van der Waals surface area contributed by atoms with Crippen molar-refractivity contribution in [3.63, 3.8) is 0 Å². The highest BCUT2D eigenvalue weighted by Gasteiger charge is 2.27. The quantitative estimate of drug-likeness (QED) is 0.723. The smallest absolute Gasteiger partial charge is 0.259 e. The lowest BCUT2D eigenvalue weighted by molar-refractivity contribution is 0.102. The summed E-state index contributed by atoms with van der Waals surface area (Å²) in [6.07, 6.45) is 2.71. The minimum Gasteiger partial charge on any atom is -0.298 e. The van der Waals surface area contributed by atoms with Crippen molar-refractivity contribution in [1.29, 1.82) is 0 Å². The van der Waals surface area contributed by atoms with E-state index in [-0.39, 0.29) is 21.4 Å². The number of halogens is 2.